The fourth-order valence-corrected chi connectivity index (χ4v) is 3.29. The molecule has 4 heteroatoms. The molecule has 0 saturated carbocycles. The highest BCUT2D eigenvalue weighted by atomic mass is 32.1. The van der Waals surface area contributed by atoms with Crippen molar-refractivity contribution in [3.8, 4) is 0 Å². The Balaban J connectivity index is 1.96. The van der Waals surface area contributed by atoms with E-state index in [1.165, 1.54) is 25.9 Å². The van der Waals surface area contributed by atoms with E-state index in [1.807, 2.05) is 0 Å². The quantitative estimate of drug-likeness (QED) is 0.700. The van der Waals surface area contributed by atoms with Gasteiger partial charge in [-0.3, -0.25) is 4.90 Å². The first-order valence-electron chi connectivity index (χ1n) is 6.39. The predicted molar refractivity (Wildman–Crippen MR) is 71.6 cm³/mol. The Hall–Kier alpha value is -0.350. The van der Waals surface area contributed by atoms with Crippen LogP contribution in [-0.2, 0) is 0 Å². The number of thiocarbonyl (C=S) groups is 1. The molecule has 0 amide bonds. The molecule has 0 radical (unpaired) electrons. The van der Waals surface area contributed by atoms with Gasteiger partial charge >= 0.3 is 0 Å². The molecule has 2 fully saturated rings. The van der Waals surface area contributed by atoms with Crippen molar-refractivity contribution in [2.45, 2.75) is 51.7 Å². The van der Waals surface area contributed by atoms with Crippen LogP contribution in [0.5, 0.6) is 0 Å². The zero-order valence-electron chi connectivity index (χ0n) is 10.6. The zero-order valence-corrected chi connectivity index (χ0v) is 11.4. The summed E-state index contributed by atoms with van der Waals surface area (Å²) in [5.74, 6) is 0. The topological polar surface area (TPSA) is 18.5 Å². The van der Waals surface area contributed by atoms with E-state index in [1.54, 1.807) is 0 Å². The van der Waals surface area contributed by atoms with Crippen LogP contribution in [0.15, 0.2) is 0 Å². The van der Waals surface area contributed by atoms with Gasteiger partial charge in [-0.1, -0.05) is 0 Å². The lowest BCUT2D eigenvalue weighted by molar-refractivity contribution is 0.108. The minimum absolute atomic E-state index is 0.432. The average molecular weight is 241 g/mol. The molecule has 16 heavy (non-hydrogen) atoms. The molecule has 0 bridgehead atoms. The summed E-state index contributed by atoms with van der Waals surface area (Å²) in [5.41, 5.74) is 0. The van der Waals surface area contributed by atoms with Crippen LogP contribution in [0.4, 0.5) is 0 Å². The molecule has 3 nitrogen and oxygen atoms in total. The van der Waals surface area contributed by atoms with Gasteiger partial charge in [0.15, 0.2) is 5.11 Å². The molecule has 92 valence electrons. The van der Waals surface area contributed by atoms with E-state index in [-0.39, 0.29) is 0 Å². The fraction of sp³-hybridized carbons (Fsp3) is 0.917. The molecule has 2 atom stereocenters. The second-order valence-electron chi connectivity index (χ2n) is 5.40. The molecule has 1 N–H and O–H groups in total. The molecule has 0 aromatic heterocycles. The van der Waals surface area contributed by atoms with Gasteiger partial charge in [-0.15, -0.1) is 0 Å². The maximum absolute atomic E-state index is 5.48. The van der Waals surface area contributed by atoms with Gasteiger partial charge in [-0.2, -0.15) is 0 Å². The van der Waals surface area contributed by atoms with Crippen LogP contribution < -0.4 is 5.32 Å². The van der Waals surface area contributed by atoms with Crippen LogP contribution in [0, 0.1) is 0 Å². The number of hydrogen-bond acceptors (Lipinski definition) is 2. The van der Waals surface area contributed by atoms with Gasteiger partial charge in [0.2, 0.25) is 0 Å². The van der Waals surface area contributed by atoms with Crippen molar-refractivity contribution < 1.29 is 0 Å². The Morgan fingerprint density at radius 2 is 2.12 bits per heavy atom. The van der Waals surface area contributed by atoms with E-state index in [0.29, 0.717) is 12.1 Å². The van der Waals surface area contributed by atoms with Crippen LogP contribution in [0.1, 0.15) is 33.6 Å². The molecule has 0 spiro atoms. The van der Waals surface area contributed by atoms with Gasteiger partial charge in [0.05, 0.1) is 0 Å². The molecule has 0 aliphatic carbocycles. The standard InChI is InChI=1S/C12H23N3S/c1-9(2)13-12(16)15-8-11-5-4-6-14(11)7-10(15)3/h9-11H,4-8H2,1-3H3,(H,13,16). The second-order valence-corrected chi connectivity index (χ2v) is 5.78. The molecule has 2 saturated heterocycles. The van der Waals surface area contributed by atoms with Gasteiger partial charge in [-0.05, 0) is 52.4 Å². The van der Waals surface area contributed by atoms with Gasteiger partial charge in [0, 0.05) is 31.2 Å². The SMILES string of the molecule is CC(C)NC(=S)N1CC2CCCN2CC1C. The molecule has 2 rings (SSSR count). The largest absolute Gasteiger partial charge is 0.360 e. The maximum atomic E-state index is 5.48. The number of fused-ring (bicyclic) bond motifs is 1. The highest BCUT2D eigenvalue weighted by Crippen LogP contribution is 2.24. The predicted octanol–water partition coefficient (Wildman–Crippen LogP) is 1.44. The van der Waals surface area contributed by atoms with E-state index < -0.39 is 0 Å². The van der Waals surface area contributed by atoms with E-state index in [9.17, 15) is 0 Å². The summed E-state index contributed by atoms with van der Waals surface area (Å²) in [4.78, 5) is 5.00. The summed E-state index contributed by atoms with van der Waals surface area (Å²) in [5, 5.41) is 4.30. The van der Waals surface area contributed by atoms with E-state index in [4.69, 9.17) is 12.2 Å². The van der Waals surface area contributed by atoms with Crippen LogP contribution in [0.3, 0.4) is 0 Å². The minimum Gasteiger partial charge on any atom is -0.360 e. The van der Waals surface area contributed by atoms with Crippen LogP contribution in [0.25, 0.3) is 0 Å². The van der Waals surface area contributed by atoms with E-state index >= 15 is 0 Å². The van der Waals surface area contributed by atoms with Crippen LogP contribution >= 0.6 is 12.2 Å². The van der Waals surface area contributed by atoms with Gasteiger partial charge < -0.3 is 10.2 Å². The van der Waals surface area contributed by atoms with Crippen LogP contribution in [0.2, 0.25) is 0 Å². The second kappa shape index (κ2) is 4.88. The summed E-state index contributed by atoms with van der Waals surface area (Å²) in [6, 6.07) is 1.72. The first-order valence-corrected chi connectivity index (χ1v) is 6.80. The van der Waals surface area contributed by atoms with Crippen molar-refractivity contribution >= 4 is 17.3 Å². The zero-order chi connectivity index (χ0) is 11.7. The molecule has 2 aliphatic rings. The molecule has 2 heterocycles. The van der Waals surface area contributed by atoms with Gasteiger partial charge in [0.1, 0.15) is 0 Å². The van der Waals surface area contributed by atoms with Gasteiger partial charge in [0.25, 0.3) is 0 Å². The Kier molecular flexibility index (Phi) is 3.70. The summed E-state index contributed by atoms with van der Waals surface area (Å²) < 4.78 is 0. The number of rotatable bonds is 1. The Bertz CT molecular complexity index is 267. The van der Waals surface area contributed by atoms with Gasteiger partial charge in [-0.25, -0.2) is 0 Å². The Morgan fingerprint density at radius 1 is 1.38 bits per heavy atom. The lowest BCUT2D eigenvalue weighted by Gasteiger charge is -2.43. The molecule has 2 unspecified atom stereocenters. The maximum Gasteiger partial charge on any atom is 0.169 e. The monoisotopic (exact) mass is 241 g/mol. The summed E-state index contributed by atoms with van der Waals surface area (Å²) in [6.07, 6.45) is 2.70. The smallest absolute Gasteiger partial charge is 0.169 e. The molecule has 0 aromatic rings. The van der Waals surface area contributed by atoms with E-state index in [0.717, 1.165) is 17.7 Å². The third kappa shape index (κ3) is 2.48. The lowest BCUT2D eigenvalue weighted by Crippen LogP contribution is -2.59. The van der Waals surface area contributed by atoms with E-state index in [2.05, 4.69) is 35.9 Å². The third-order valence-corrected chi connectivity index (χ3v) is 3.96. The van der Waals surface area contributed by atoms with Crippen molar-refractivity contribution in [3.05, 3.63) is 0 Å². The Labute approximate surface area is 104 Å². The summed E-state index contributed by atoms with van der Waals surface area (Å²) >= 11 is 5.48. The number of hydrogen-bond donors (Lipinski definition) is 1. The molecular weight excluding hydrogens is 218 g/mol. The third-order valence-electron chi connectivity index (χ3n) is 3.61. The van der Waals surface area contributed by atoms with Crippen molar-refractivity contribution in [1.29, 1.82) is 0 Å². The van der Waals surface area contributed by atoms with Crippen molar-refractivity contribution in [1.82, 2.24) is 15.1 Å². The van der Waals surface area contributed by atoms with Crippen molar-refractivity contribution in [2.24, 2.45) is 0 Å². The fourth-order valence-electron chi connectivity index (χ4n) is 2.80. The normalized spacial score (nSPS) is 30.6. The molecule has 2 aliphatic heterocycles. The van der Waals surface area contributed by atoms with Crippen molar-refractivity contribution in [2.75, 3.05) is 19.6 Å². The number of nitrogens with zero attached hydrogens (tertiary/aromatic N) is 2. The number of piperazine rings is 1. The first kappa shape index (κ1) is 12.1. The Morgan fingerprint density at radius 3 is 2.81 bits per heavy atom. The summed E-state index contributed by atoms with van der Waals surface area (Å²) in [6.45, 7) is 10.1. The van der Waals surface area contributed by atoms with Crippen molar-refractivity contribution in [3.63, 3.8) is 0 Å². The first-order chi connectivity index (χ1) is 7.58. The average Bonchev–Trinajstić information content (AvgIpc) is 2.61. The summed E-state index contributed by atoms with van der Waals surface area (Å²) in [7, 11) is 0. The minimum atomic E-state index is 0.432. The molecule has 0 aromatic carbocycles. The number of nitrogens with one attached hydrogen (secondary N) is 1. The highest BCUT2D eigenvalue weighted by Gasteiger charge is 2.35. The van der Waals surface area contributed by atoms with Crippen LogP contribution in [-0.4, -0.2) is 52.7 Å². The molecular formula is C12H23N3S. The highest BCUT2D eigenvalue weighted by molar-refractivity contribution is 7.80. The lowest BCUT2D eigenvalue weighted by atomic mass is 10.1.